The van der Waals surface area contributed by atoms with Gasteiger partial charge in [0.25, 0.3) is 0 Å². The van der Waals surface area contributed by atoms with Crippen LogP contribution in [0.3, 0.4) is 0 Å². The Morgan fingerprint density at radius 1 is 1.04 bits per heavy atom. The minimum Gasteiger partial charge on any atom is -0.494 e. The van der Waals surface area contributed by atoms with E-state index in [0.717, 1.165) is 24.3 Å². The minimum absolute atomic E-state index is 0.116. The summed E-state index contributed by atoms with van der Waals surface area (Å²) < 4.78 is 5.49. The highest BCUT2D eigenvalue weighted by Crippen LogP contribution is 2.34. The van der Waals surface area contributed by atoms with Gasteiger partial charge < -0.3 is 15.4 Å². The van der Waals surface area contributed by atoms with Crippen molar-refractivity contribution in [1.82, 2.24) is 5.32 Å². The van der Waals surface area contributed by atoms with Crippen LogP contribution < -0.4 is 15.4 Å². The molecule has 1 saturated carbocycles. The van der Waals surface area contributed by atoms with Gasteiger partial charge in [0.1, 0.15) is 5.75 Å². The van der Waals surface area contributed by atoms with E-state index in [2.05, 4.69) is 41.0 Å². The molecule has 2 aromatic rings. The molecule has 4 heteroatoms. The van der Waals surface area contributed by atoms with Crippen LogP contribution in [0.4, 0.5) is 5.69 Å². The van der Waals surface area contributed by atoms with E-state index in [1.165, 1.54) is 31.2 Å². The zero-order valence-electron chi connectivity index (χ0n) is 15.5. The molecular weight excluding hydrogens is 340 g/mol. The number of rotatable bonds is 7. The molecule has 0 amide bonds. The van der Waals surface area contributed by atoms with E-state index in [9.17, 15) is 0 Å². The summed E-state index contributed by atoms with van der Waals surface area (Å²) in [6.07, 6.45) is 7.11. The molecule has 0 bridgehead atoms. The first-order valence-electron chi connectivity index (χ1n) is 9.55. The molecule has 0 atom stereocenters. The lowest BCUT2D eigenvalue weighted by atomic mass is 9.89. The van der Waals surface area contributed by atoms with Crippen LogP contribution in [0.25, 0.3) is 0 Å². The van der Waals surface area contributed by atoms with Gasteiger partial charge in [-0.15, -0.1) is 0 Å². The fourth-order valence-corrected chi connectivity index (χ4v) is 4.06. The molecule has 1 aliphatic carbocycles. The Labute approximate surface area is 162 Å². The maximum absolute atomic E-state index is 5.61. The Bertz CT molecular complexity index is 694. The Kier molecular flexibility index (Phi) is 6.51. The van der Waals surface area contributed by atoms with Gasteiger partial charge in [0.2, 0.25) is 0 Å². The largest absolute Gasteiger partial charge is 0.494 e. The fourth-order valence-electron chi connectivity index (χ4n) is 3.72. The van der Waals surface area contributed by atoms with Crippen molar-refractivity contribution in [3.8, 4) is 5.75 Å². The van der Waals surface area contributed by atoms with Crippen LogP contribution in [0.15, 0.2) is 54.6 Å². The van der Waals surface area contributed by atoms with Crippen molar-refractivity contribution in [2.24, 2.45) is 0 Å². The van der Waals surface area contributed by atoms with E-state index in [4.69, 9.17) is 17.0 Å². The van der Waals surface area contributed by atoms with Crippen molar-refractivity contribution >= 4 is 23.0 Å². The second-order valence-corrected chi connectivity index (χ2v) is 7.42. The van der Waals surface area contributed by atoms with Crippen molar-refractivity contribution in [2.45, 2.75) is 51.0 Å². The molecule has 0 aliphatic heterocycles. The smallest absolute Gasteiger partial charge is 0.171 e. The van der Waals surface area contributed by atoms with Gasteiger partial charge in [0.05, 0.1) is 6.61 Å². The first-order chi connectivity index (χ1) is 12.7. The van der Waals surface area contributed by atoms with Crippen LogP contribution in [0.1, 0.15) is 44.6 Å². The summed E-state index contributed by atoms with van der Waals surface area (Å²) in [5.74, 6) is 0.882. The number of anilines is 1. The lowest BCUT2D eigenvalue weighted by Crippen LogP contribution is -2.48. The zero-order chi connectivity index (χ0) is 18.2. The SMILES string of the molecule is CCOc1ccc(NC(=S)NC2(CCc3ccccc3)CCCC2)cc1. The molecule has 3 rings (SSSR count). The van der Waals surface area contributed by atoms with Gasteiger partial charge in [-0.1, -0.05) is 43.2 Å². The lowest BCUT2D eigenvalue weighted by Gasteiger charge is -2.32. The summed E-state index contributed by atoms with van der Waals surface area (Å²) in [5.41, 5.74) is 2.50. The maximum Gasteiger partial charge on any atom is 0.171 e. The van der Waals surface area contributed by atoms with Gasteiger partial charge >= 0.3 is 0 Å². The molecule has 0 aromatic heterocycles. The summed E-state index contributed by atoms with van der Waals surface area (Å²) in [6, 6.07) is 18.7. The number of nitrogens with one attached hydrogen (secondary N) is 2. The van der Waals surface area contributed by atoms with Gasteiger partial charge in [0.15, 0.2) is 5.11 Å². The highest BCUT2D eigenvalue weighted by molar-refractivity contribution is 7.80. The molecular formula is C22H28N2OS. The Morgan fingerprint density at radius 3 is 2.38 bits per heavy atom. The molecule has 0 saturated heterocycles. The van der Waals surface area contributed by atoms with Crippen molar-refractivity contribution in [3.63, 3.8) is 0 Å². The molecule has 1 fully saturated rings. The van der Waals surface area contributed by atoms with Gasteiger partial charge in [-0.25, -0.2) is 0 Å². The molecule has 0 unspecified atom stereocenters. The third-order valence-electron chi connectivity index (χ3n) is 5.10. The number of hydrogen-bond acceptors (Lipinski definition) is 2. The van der Waals surface area contributed by atoms with E-state index >= 15 is 0 Å². The van der Waals surface area contributed by atoms with E-state index in [1.807, 2.05) is 31.2 Å². The standard InChI is InChI=1S/C22H28N2OS/c1-2-25-20-12-10-19(11-13-20)23-21(26)24-22(15-6-7-16-22)17-14-18-8-4-3-5-9-18/h3-5,8-13H,2,6-7,14-17H2,1H3,(H2,23,24,26). The van der Waals surface area contributed by atoms with E-state index in [-0.39, 0.29) is 5.54 Å². The molecule has 3 nitrogen and oxygen atoms in total. The normalized spacial score (nSPS) is 15.4. The molecule has 0 spiro atoms. The first kappa shape index (κ1) is 18.7. The van der Waals surface area contributed by atoms with E-state index in [0.29, 0.717) is 11.7 Å². The second kappa shape index (κ2) is 9.04. The van der Waals surface area contributed by atoms with Crippen molar-refractivity contribution in [3.05, 3.63) is 60.2 Å². The Hall–Kier alpha value is -2.07. The molecule has 0 heterocycles. The first-order valence-corrected chi connectivity index (χ1v) is 9.96. The summed E-state index contributed by atoms with van der Waals surface area (Å²) in [7, 11) is 0. The number of hydrogen-bond donors (Lipinski definition) is 2. The average molecular weight is 369 g/mol. The van der Waals surface area contributed by atoms with Crippen LogP contribution in [0, 0.1) is 0 Å². The topological polar surface area (TPSA) is 33.3 Å². The third kappa shape index (κ3) is 5.21. The zero-order valence-corrected chi connectivity index (χ0v) is 16.3. The highest BCUT2D eigenvalue weighted by atomic mass is 32.1. The van der Waals surface area contributed by atoms with Gasteiger partial charge in [-0.2, -0.15) is 0 Å². The van der Waals surface area contributed by atoms with Gasteiger partial charge in [0, 0.05) is 11.2 Å². The van der Waals surface area contributed by atoms with Gasteiger partial charge in [-0.05, 0) is 74.7 Å². The second-order valence-electron chi connectivity index (χ2n) is 7.01. The van der Waals surface area contributed by atoms with Crippen molar-refractivity contribution in [2.75, 3.05) is 11.9 Å². The fraction of sp³-hybridized carbons (Fsp3) is 0.409. The molecule has 2 N–H and O–H groups in total. The third-order valence-corrected chi connectivity index (χ3v) is 5.30. The van der Waals surface area contributed by atoms with Crippen LogP contribution in [-0.4, -0.2) is 17.3 Å². The minimum atomic E-state index is 0.116. The summed E-state index contributed by atoms with van der Waals surface area (Å²) in [4.78, 5) is 0. The number of thiocarbonyl (C=S) groups is 1. The molecule has 0 radical (unpaired) electrons. The van der Waals surface area contributed by atoms with Crippen LogP contribution in [0.5, 0.6) is 5.75 Å². The molecule has 26 heavy (non-hydrogen) atoms. The van der Waals surface area contributed by atoms with E-state index < -0.39 is 0 Å². The van der Waals surface area contributed by atoms with E-state index in [1.54, 1.807) is 0 Å². The van der Waals surface area contributed by atoms with Gasteiger partial charge in [-0.3, -0.25) is 0 Å². The van der Waals surface area contributed by atoms with Crippen LogP contribution in [0.2, 0.25) is 0 Å². The van der Waals surface area contributed by atoms with Crippen LogP contribution in [-0.2, 0) is 6.42 Å². The summed E-state index contributed by atoms with van der Waals surface area (Å²) in [5, 5.41) is 7.68. The quantitative estimate of drug-likeness (QED) is 0.648. The highest BCUT2D eigenvalue weighted by Gasteiger charge is 2.33. The van der Waals surface area contributed by atoms with Crippen molar-refractivity contribution < 1.29 is 4.74 Å². The Balaban J connectivity index is 1.57. The number of benzene rings is 2. The predicted octanol–water partition coefficient (Wildman–Crippen LogP) is 5.32. The average Bonchev–Trinajstić information content (AvgIpc) is 3.11. The molecule has 1 aliphatic rings. The summed E-state index contributed by atoms with van der Waals surface area (Å²) >= 11 is 5.61. The molecule has 2 aromatic carbocycles. The maximum atomic E-state index is 5.61. The Morgan fingerprint density at radius 2 is 1.73 bits per heavy atom. The monoisotopic (exact) mass is 368 g/mol. The number of ether oxygens (including phenoxy) is 1. The lowest BCUT2D eigenvalue weighted by molar-refractivity contribution is 0.340. The van der Waals surface area contributed by atoms with Crippen LogP contribution >= 0.6 is 12.2 Å². The predicted molar refractivity (Wildman–Crippen MR) is 113 cm³/mol. The van der Waals surface area contributed by atoms with Crippen molar-refractivity contribution in [1.29, 1.82) is 0 Å². The number of aryl methyl sites for hydroxylation is 1. The molecule has 138 valence electrons. The summed E-state index contributed by atoms with van der Waals surface area (Å²) in [6.45, 7) is 2.67.